The van der Waals surface area contributed by atoms with E-state index in [4.69, 9.17) is 4.74 Å². The number of amides is 1. The number of nitrogens with zero attached hydrogens (tertiary/aromatic N) is 1. The Balaban J connectivity index is 1.92. The maximum absolute atomic E-state index is 12.5. The van der Waals surface area contributed by atoms with Crippen molar-refractivity contribution in [2.24, 2.45) is 0 Å². The standard InChI is InChI=1S/C21H28N2O4S/c1-15(2)23(5)28(25,26)19-11-9-18(10-12-19)22-20(24)13-14-27-21-16(3)7-6-8-17(21)4/h6-12,15H,13-14H2,1-5H3,(H,22,24). The van der Waals surface area contributed by atoms with E-state index in [0.717, 1.165) is 16.9 Å². The van der Waals surface area contributed by atoms with Crippen molar-refractivity contribution in [1.29, 1.82) is 0 Å². The first kappa shape index (κ1) is 21.9. The van der Waals surface area contributed by atoms with Crippen LogP contribution in [0.5, 0.6) is 5.75 Å². The van der Waals surface area contributed by atoms with Crippen LogP contribution in [0.3, 0.4) is 0 Å². The van der Waals surface area contributed by atoms with E-state index in [-0.39, 0.29) is 29.9 Å². The van der Waals surface area contributed by atoms with Crippen LogP contribution in [0.2, 0.25) is 0 Å². The van der Waals surface area contributed by atoms with Crippen LogP contribution in [0.1, 0.15) is 31.4 Å². The van der Waals surface area contributed by atoms with Crippen LogP contribution < -0.4 is 10.1 Å². The maximum Gasteiger partial charge on any atom is 0.243 e. The normalized spacial score (nSPS) is 11.7. The first-order valence-corrected chi connectivity index (χ1v) is 10.6. The van der Waals surface area contributed by atoms with E-state index < -0.39 is 10.0 Å². The largest absolute Gasteiger partial charge is 0.493 e. The number of anilines is 1. The van der Waals surface area contributed by atoms with Crippen molar-refractivity contribution in [3.63, 3.8) is 0 Å². The van der Waals surface area contributed by atoms with Crippen LogP contribution in [0.4, 0.5) is 5.69 Å². The Morgan fingerprint density at radius 1 is 1.07 bits per heavy atom. The van der Waals surface area contributed by atoms with Gasteiger partial charge in [-0.2, -0.15) is 4.31 Å². The number of aryl methyl sites for hydroxylation is 2. The molecule has 0 saturated heterocycles. The van der Waals surface area contributed by atoms with E-state index in [2.05, 4.69) is 5.32 Å². The van der Waals surface area contributed by atoms with Crippen molar-refractivity contribution in [3.8, 4) is 5.75 Å². The van der Waals surface area contributed by atoms with Crippen molar-refractivity contribution in [1.82, 2.24) is 4.31 Å². The fraction of sp³-hybridized carbons (Fsp3) is 0.381. The van der Waals surface area contributed by atoms with Crippen LogP contribution in [0.25, 0.3) is 0 Å². The number of ether oxygens (including phenoxy) is 1. The van der Waals surface area contributed by atoms with Gasteiger partial charge in [-0.25, -0.2) is 8.42 Å². The maximum atomic E-state index is 12.5. The minimum Gasteiger partial charge on any atom is -0.493 e. The molecular formula is C21H28N2O4S. The van der Waals surface area contributed by atoms with Crippen LogP contribution in [0, 0.1) is 13.8 Å². The third-order valence-electron chi connectivity index (χ3n) is 4.53. The van der Waals surface area contributed by atoms with E-state index in [1.165, 1.54) is 16.4 Å². The zero-order valence-electron chi connectivity index (χ0n) is 17.0. The smallest absolute Gasteiger partial charge is 0.243 e. The summed E-state index contributed by atoms with van der Waals surface area (Å²) in [6.45, 7) is 7.83. The summed E-state index contributed by atoms with van der Waals surface area (Å²) in [5.74, 6) is 0.611. The van der Waals surface area contributed by atoms with Crippen molar-refractivity contribution < 1.29 is 17.9 Å². The van der Waals surface area contributed by atoms with Gasteiger partial charge in [0, 0.05) is 18.8 Å². The summed E-state index contributed by atoms with van der Waals surface area (Å²) in [4.78, 5) is 12.3. The average Bonchev–Trinajstić information content (AvgIpc) is 2.63. The number of sulfonamides is 1. The van der Waals surface area contributed by atoms with Gasteiger partial charge in [0.05, 0.1) is 17.9 Å². The third kappa shape index (κ3) is 5.33. The molecule has 0 aliphatic rings. The van der Waals surface area contributed by atoms with E-state index >= 15 is 0 Å². The van der Waals surface area contributed by atoms with E-state index in [0.29, 0.717) is 5.69 Å². The average molecular weight is 405 g/mol. The Hall–Kier alpha value is -2.38. The number of rotatable bonds is 8. The van der Waals surface area contributed by atoms with Gasteiger partial charge in [-0.15, -0.1) is 0 Å². The lowest BCUT2D eigenvalue weighted by molar-refractivity contribution is -0.116. The molecule has 0 heterocycles. The predicted octanol–water partition coefficient (Wildman–Crippen LogP) is 3.74. The number of nitrogens with one attached hydrogen (secondary N) is 1. The highest BCUT2D eigenvalue weighted by Gasteiger charge is 2.22. The summed E-state index contributed by atoms with van der Waals surface area (Å²) < 4.78 is 32.0. The second kappa shape index (κ2) is 9.21. The van der Waals surface area contributed by atoms with Gasteiger partial charge in [-0.1, -0.05) is 18.2 Å². The highest BCUT2D eigenvalue weighted by atomic mass is 32.2. The number of hydrogen-bond acceptors (Lipinski definition) is 4. The number of carbonyl (C=O) groups excluding carboxylic acids is 1. The van der Waals surface area contributed by atoms with E-state index in [1.54, 1.807) is 19.2 Å². The summed E-state index contributed by atoms with van der Waals surface area (Å²) in [6, 6.07) is 11.9. The molecule has 2 rings (SSSR count). The molecule has 28 heavy (non-hydrogen) atoms. The molecule has 2 aromatic carbocycles. The Morgan fingerprint density at radius 3 is 2.18 bits per heavy atom. The van der Waals surface area contributed by atoms with Gasteiger partial charge in [0.15, 0.2) is 0 Å². The summed E-state index contributed by atoms with van der Waals surface area (Å²) in [5, 5.41) is 2.76. The first-order valence-electron chi connectivity index (χ1n) is 9.20. The van der Waals surface area contributed by atoms with Crippen LogP contribution >= 0.6 is 0 Å². The summed E-state index contributed by atoms with van der Waals surface area (Å²) in [5.41, 5.74) is 2.61. The van der Waals surface area contributed by atoms with Gasteiger partial charge >= 0.3 is 0 Å². The molecular weight excluding hydrogens is 376 g/mol. The summed E-state index contributed by atoms with van der Waals surface area (Å²) in [6.07, 6.45) is 0.198. The Kier molecular flexibility index (Phi) is 7.21. The van der Waals surface area contributed by atoms with Crippen molar-refractivity contribution in [2.45, 2.75) is 45.1 Å². The molecule has 0 saturated carbocycles. The van der Waals surface area contributed by atoms with E-state index in [9.17, 15) is 13.2 Å². The second-order valence-electron chi connectivity index (χ2n) is 7.01. The fourth-order valence-corrected chi connectivity index (χ4v) is 4.02. The van der Waals surface area contributed by atoms with E-state index in [1.807, 2.05) is 45.9 Å². The van der Waals surface area contributed by atoms with Crippen LogP contribution in [-0.2, 0) is 14.8 Å². The van der Waals surface area contributed by atoms with Gasteiger partial charge in [0.2, 0.25) is 15.9 Å². The van der Waals surface area contributed by atoms with Crippen LogP contribution in [0.15, 0.2) is 47.4 Å². The summed E-state index contributed by atoms with van der Waals surface area (Å²) in [7, 11) is -1.99. The highest BCUT2D eigenvalue weighted by molar-refractivity contribution is 7.89. The van der Waals surface area contributed by atoms with Gasteiger partial charge < -0.3 is 10.1 Å². The highest BCUT2D eigenvalue weighted by Crippen LogP contribution is 2.22. The molecule has 0 spiro atoms. The molecule has 0 aliphatic heterocycles. The number of hydrogen-bond donors (Lipinski definition) is 1. The molecule has 6 nitrogen and oxygen atoms in total. The first-order chi connectivity index (χ1) is 13.1. The molecule has 0 fully saturated rings. The molecule has 0 unspecified atom stereocenters. The molecule has 0 atom stereocenters. The second-order valence-corrected chi connectivity index (χ2v) is 9.00. The van der Waals surface area contributed by atoms with Gasteiger partial charge in [-0.05, 0) is 63.1 Å². The quantitative estimate of drug-likeness (QED) is 0.727. The topological polar surface area (TPSA) is 75.7 Å². The molecule has 2 aromatic rings. The molecule has 1 amide bonds. The SMILES string of the molecule is Cc1cccc(C)c1OCCC(=O)Nc1ccc(S(=O)(=O)N(C)C(C)C)cc1. The zero-order valence-corrected chi connectivity index (χ0v) is 17.8. The van der Waals surface area contributed by atoms with Gasteiger partial charge in [-0.3, -0.25) is 4.79 Å². The van der Waals surface area contributed by atoms with Gasteiger partial charge in [0.1, 0.15) is 5.75 Å². The molecule has 0 bridgehead atoms. The molecule has 0 aromatic heterocycles. The molecule has 152 valence electrons. The van der Waals surface area contributed by atoms with Crippen molar-refractivity contribution in [3.05, 3.63) is 53.6 Å². The third-order valence-corrected chi connectivity index (χ3v) is 6.57. The Morgan fingerprint density at radius 2 is 1.64 bits per heavy atom. The fourth-order valence-electron chi connectivity index (χ4n) is 2.65. The minimum atomic E-state index is -3.54. The number of carbonyl (C=O) groups is 1. The predicted molar refractivity (Wildman–Crippen MR) is 111 cm³/mol. The van der Waals surface area contributed by atoms with Crippen molar-refractivity contribution in [2.75, 3.05) is 19.0 Å². The molecule has 0 radical (unpaired) electrons. The monoisotopic (exact) mass is 404 g/mol. The molecule has 7 heteroatoms. The minimum absolute atomic E-state index is 0.138. The zero-order chi connectivity index (χ0) is 20.9. The number of para-hydroxylation sites is 1. The lowest BCUT2D eigenvalue weighted by atomic mass is 10.1. The van der Waals surface area contributed by atoms with Crippen LogP contribution in [-0.4, -0.2) is 38.3 Å². The lowest BCUT2D eigenvalue weighted by Crippen LogP contribution is -2.33. The summed E-state index contributed by atoms with van der Waals surface area (Å²) >= 11 is 0. The molecule has 0 aliphatic carbocycles. The van der Waals surface area contributed by atoms with Crippen molar-refractivity contribution >= 4 is 21.6 Å². The number of benzene rings is 2. The molecule has 1 N–H and O–H groups in total. The van der Waals surface area contributed by atoms with Gasteiger partial charge in [0.25, 0.3) is 0 Å². The Bertz CT molecular complexity index is 902. The Labute approximate surface area is 167 Å². The lowest BCUT2D eigenvalue weighted by Gasteiger charge is -2.21.